The summed E-state index contributed by atoms with van der Waals surface area (Å²) in [6, 6.07) is 10.2. The first-order valence-corrected chi connectivity index (χ1v) is 7.40. The number of terminal acetylenes is 1. The Hall–Kier alpha value is -2.48. The van der Waals surface area contributed by atoms with Gasteiger partial charge in [-0.15, -0.1) is 6.42 Å². The molecule has 3 aromatic rings. The normalized spacial score (nSPS) is 10.5. The summed E-state index contributed by atoms with van der Waals surface area (Å²) in [4.78, 5) is 19.4. The molecule has 0 amide bonds. The van der Waals surface area contributed by atoms with Crippen LogP contribution in [0.2, 0.25) is 10.0 Å². The van der Waals surface area contributed by atoms with Gasteiger partial charge in [0.15, 0.2) is 6.61 Å². The van der Waals surface area contributed by atoms with Crippen molar-refractivity contribution >= 4 is 40.2 Å². The summed E-state index contributed by atoms with van der Waals surface area (Å²) in [6.07, 6.45) is 5.07. The van der Waals surface area contributed by atoms with Gasteiger partial charge in [-0.3, -0.25) is 0 Å². The van der Waals surface area contributed by atoms with Crippen LogP contribution in [-0.4, -0.2) is 22.5 Å². The molecule has 1 N–H and O–H groups in total. The highest BCUT2D eigenvalue weighted by Crippen LogP contribution is 2.30. The van der Waals surface area contributed by atoms with E-state index < -0.39 is 5.97 Å². The number of rotatable bonds is 3. The molecule has 0 aliphatic rings. The van der Waals surface area contributed by atoms with Crippen LogP contribution >= 0.6 is 23.2 Å². The first-order valence-electron chi connectivity index (χ1n) is 6.64. The number of aromatic amines is 1. The molecule has 0 atom stereocenters. The first-order chi connectivity index (χ1) is 11.1. The van der Waals surface area contributed by atoms with Crippen molar-refractivity contribution < 1.29 is 9.53 Å². The fraction of sp³-hybridized carbons (Fsp3) is 0.0588. The minimum absolute atomic E-state index is 0.0640. The molecular formula is C17H10Cl2N2O2. The number of hydrogen-bond acceptors (Lipinski definition) is 3. The lowest BCUT2D eigenvalue weighted by atomic mass is 10.2. The zero-order chi connectivity index (χ0) is 16.4. The van der Waals surface area contributed by atoms with Crippen molar-refractivity contribution in [1.82, 2.24) is 9.97 Å². The first kappa shape index (κ1) is 15.4. The Bertz CT molecular complexity index is 941. The summed E-state index contributed by atoms with van der Waals surface area (Å²) >= 11 is 12.1. The van der Waals surface area contributed by atoms with Crippen molar-refractivity contribution in [2.45, 2.75) is 0 Å². The van der Waals surface area contributed by atoms with Crippen LogP contribution < -0.4 is 0 Å². The van der Waals surface area contributed by atoms with Crippen molar-refractivity contribution in [2.24, 2.45) is 0 Å². The van der Waals surface area contributed by atoms with E-state index in [0.717, 1.165) is 5.56 Å². The van der Waals surface area contributed by atoms with Gasteiger partial charge >= 0.3 is 5.97 Å². The average Bonchev–Trinajstić information content (AvgIpc) is 2.95. The van der Waals surface area contributed by atoms with Gasteiger partial charge in [0.2, 0.25) is 0 Å². The number of halogens is 2. The number of carbonyl (C=O) groups excluding carboxylic acids is 1. The van der Waals surface area contributed by atoms with Gasteiger partial charge in [0.25, 0.3) is 0 Å². The highest BCUT2D eigenvalue weighted by molar-refractivity contribution is 6.36. The fourth-order valence-electron chi connectivity index (χ4n) is 2.14. The minimum Gasteiger partial charge on any atom is -0.449 e. The summed E-state index contributed by atoms with van der Waals surface area (Å²) in [5.74, 6) is 2.37. The molecule has 0 radical (unpaired) electrons. The smallest absolute Gasteiger partial charge is 0.339 e. The lowest BCUT2D eigenvalue weighted by molar-refractivity contribution is 0.0557. The van der Waals surface area contributed by atoms with Gasteiger partial charge in [0.05, 0.1) is 21.6 Å². The van der Waals surface area contributed by atoms with Crippen LogP contribution in [0.5, 0.6) is 0 Å². The Balaban J connectivity index is 1.99. The summed E-state index contributed by atoms with van der Waals surface area (Å²) in [5, 5.41) is 1.04. The quantitative estimate of drug-likeness (QED) is 0.568. The molecule has 4 nitrogen and oxygen atoms in total. The molecule has 0 aliphatic carbocycles. The van der Waals surface area contributed by atoms with Crippen molar-refractivity contribution in [3.63, 3.8) is 0 Å². The van der Waals surface area contributed by atoms with E-state index in [1.807, 2.05) is 0 Å². The second-order valence-corrected chi connectivity index (χ2v) is 5.57. The average molecular weight is 345 g/mol. The number of esters is 1. The Morgan fingerprint density at radius 2 is 2.09 bits per heavy atom. The van der Waals surface area contributed by atoms with Crippen LogP contribution in [0.1, 0.15) is 10.4 Å². The SMILES string of the molecule is C#CCOC(=O)c1ccc2nc(-c3ccc(Cl)cc3Cl)[nH]c2c1. The van der Waals surface area contributed by atoms with E-state index in [0.29, 0.717) is 32.5 Å². The number of ether oxygens (including phenoxy) is 1. The fourth-order valence-corrected chi connectivity index (χ4v) is 2.63. The van der Waals surface area contributed by atoms with Crippen molar-refractivity contribution in [3.05, 3.63) is 52.0 Å². The topological polar surface area (TPSA) is 55.0 Å². The van der Waals surface area contributed by atoms with E-state index >= 15 is 0 Å². The third-order valence-corrected chi connectivity index (χ3v) is 3.74. The second-order valence-electron chi connectivity index (χ2n) is 4.72. The van der Waals surface area contributed by atoms with Gasteiger partial charge in [-0.25, -0.2) is 9.78 Å². The van der Waals surface area contributed by atoms with Gasteiger partial charge in [-0.1, -0.05) is 29.1 Å². The van der Waals surface area contributed by atoms with Crippen LogP contribution in [0.3, 0.4) is 0 Å². The summed E-state index contributed by atoms with van der Waals surface area (Å²) in [6.45, 7) is -0.0640. The molecule has 0 spiro atoms. The molecule has 6 heteroatoms. The van der Waals surface area contributed by atoms with Crippen molar-refractivity contribution in [3.8, 4) is 23.7 Å². The van der Waals surface area contributed by atoms with Crippen LogP contribution in [0.4, 0.5) is 0 Å². The zero-order valence-corrected chi connectivity index (χ0v) is 13.3. The van der Waals surface area contributed by atoms with Crippen molar-refractivity contribution in [1.29, 1.82) is 0 Å². The highest BCUT2D eigenvalue weighted by atomic mass is 35.5. The Morgan fingerprint density at radius 1 is 1.26 bits per heavy atom. The number of fused-ring (bicyclic) bond motifs is 1. The Morgan fingerprint density at radius 3 is 2.83 bits per heavy atom. The monoisotopic (exact) mass is 344 g/mol. The van der Waals surface area contributed by atoms with Crippen LogP contribution in [0.25, 0.3) is 22.4 Å². The predicted molar refractivity (Wildman–Crippen MR) is 90.7 cm³/mol. The molecule has 1 aromatic heterocycles. The molecule has 0 saturated heterocycles. The lowest BCUT2D eigenvalue weighted by Gasteiger charge is -2.00. The van der Waals surface area contributed by atoms with Crippen LogP contribution in [0.15, 0.2) is 36.4 Å². The molecule has 114 valence electrons. The van der Waals surface area contributed by atoms with Crippen molar-refractivity contribution in [2.75, 3.05) is 6.61 Å². The molecule has 0 aliphatic heterocycles. The maximum absolute atomic E-state index is 11.8. The van der Waals surface area contributed by atoms with E-state index in [1.54, 1.807) is 36.4 Å². The van der Waals surface area contributed by atoms with Gasteiger partial charge in [0.1, 0.15) is 5.82 Å². The molecule has 3 rings (SSSR count). The molecular weight excluding hydrogens is 335 g/mol. The summed E-state index contributed by atoms with van der Waals surface area (Å²) in [5.41, 5.74) is 2.52. The highest BCUT2D eigenvalue weighted by Gasteiger charge is 2.12. The number of nitrogens with zero attached hydrogens (tertiary/aromatic N) is 1. The maximum Gasteiger partial charge on any atom is 0.339 e. The Labute approximate surface area is 142 Å². The zero-order valence-electron chi connectivity index (χ0n) is 11.8. The molecule has 0 fully saturated rings. The number of carbonyl (C=O) groups is 1. The number of benzene rings is 2. The number of hydrogen-bond donors (Lipinski definition) is 1. The lowest BCUT2D eigenvalue weighted by Crippen LogP contribution is -2.04. The van der Waals surface area contributed by atoms with E-state index in [-0.39, 0.29) is 6.61 Å². The van der Waals surface area contributed by atoms with Gasteiger partial charge in [-0.2, -0.15) is 0 Å². The van der Waals surface area contributed by atoms with Gasteiger partial charge < -0.3 is 9.72 Å². The van der Waals surface area contributed by atoms with E-state index in [1.165, 1.54) is 0 Å². The molecule has 2 aromatic carbocycles. The van der Waals surface area contributed by atoms with Gasteiger partial charge in [0, 0.05) is 10.6 Å². The molecule has 0 saturated carbocycles. The molecule has 1 heterocycles. The molecule has 23 heavy (non-hydrogen) atoms. The third-order valence-electron chi connectivity index (χ3n) is 3.19. The largest absolute Gasteiger partial charge is 0.449 e. The number of imidazole rings is 1. The second kappa shape index (κ2) is 6.33. The summed E-state index contributed by atoms with van der Waals surface area (Å²) < 4.78 is 4.90. The number of aromatic nitrogens is 2. The van der Waals surface area contributed by atoms with Crippen LogP contribution in [0, 0.1) is 12.3 Å². The standard InChI is InChI=1S/C17H10Cl2N2O2/c1-2-7-23-17(22)10-3-6-14-15(8-10)21-16(20-14)12-5-4-11(18)9-13(12)19/h1,3-6,8-9H,7H2,(H,20,21). The van der Waals surface area contributed by atoms with E-state index in [9.17, 15) is 4.79 Å². The Kier molecular flexibility index (Phi) is 4.24. The number of H-pyrrole nitrogens is 1. The third kappa shape index (κ3) is 3.16. The summed E-state index contributed by atoms with van der Waals surface area (Å²) in [7, 11) is 0. The van der Waals surface area contributed by atoms with E-state index in [2.05, 4.69) is 15.9 Å². The molecule has 0 bridgehead atoms. The predicted octanol–water partition coefficient (Wildman–Crippen LogP) is 4.33. The maximum atomic E-state index is 11.8. The van der Waals surface area contributed by atoms with Gasteiger partial charge in [-0.05, 0) is 36.4 Å². The minimum atomic E-state index is -0.481. The van der Waals surface area contributed by atoms with E-state index in [4.69, 9.17) is 34.4 Å². The molecule has 0 unspecified atom stereocenters. The van der Waals surface area contributed by atoms with Crippen LogP contribution in [-0.2, 0) is 4.74 Å². The number of nitrogens with one attached hydrogen (secondary N) is 1.